The van der Waals surface area contributed by atoms with E-state index in [2.05, 4.69) is 25.7 Å². The normalized spacial score (nSPS) is 10.7. The number of carbonyl (C=O) groups is 1. The average Bonchev–Trinajstić information content (AvgIpc) is 3.15. The van der Waals surface area contributed by atoms with Gasteiger partial charge in [-0.05, 0) is 56.3 Å². The van der Waals surface area contributed by atoms with Crippen LogP contribution in [0.1, 0.15) is 22.0 Å². The molecule has 2 aromatic heterocycles. The Kier molecular flexibility index (Phi) is 4.82. The molecule has 4 aromatic rings. The first-order valence-corrected chi connectivity index (χ1v) is 9.06. The van der Waals surface area contributed by atoms with Crippen LogP contribution in [0.4, 0.5) is 17.1 Å². The molecule has 0 aliphatic carbocycles. The van der Waals surface area contributed by atoms with Crippen molar-refractivity contribution in [1.82, 2.24) is 19.6 Å². The maximum Gasteiger partial charge on any atom is 0.295 e. The van der Waals surface area contributed by atoms with Gasteiger partial charge >= 0.3 is 0 Å². The summed E-state index contributed by atoms with van der Waals surface area (Å²) in [6, 6.07) is 16.8. The number of rotatable bonds is 5. The number of fused-ring (bicyclic) bond motifs is 1. The fourth-order valence-electron chi connectivity index (χ4n) is 2.97. The predicted molar refractivity (Wildman–Crippen MR) is 111 cm³/mol. The molecule has 0 bridgehead atoms. The van der Waals surface area contributed by atoms with Crippen LogP contribution in [0.2, 0.25) is 0 Å². The molecule has 2 aromatic carbocycles. The lowest BCUT2D eigenvalue weighted by Gasteiger charge is -2.12. The van der Waals surface area contributed by atoms with E-state index >= 15 is 0 Å². The van der Waals surface area contributed by atoms with Crippen LogP contribution in [0.25, 0.3) is 5.78 Å². The quantitative estimate of drug-likeness (QED) is 0.541. The van der Waals surface area contributed by atoms with Gasteiger partial charge in [0.05, 0.1) is 18.5 Å². The number of hydrogen-bond acceptors (Lipinski definition) is 6. The van der Waals surface area contributed by atoms with Crippen LogP contribution in [-0.2, 0) is 0 Å². The Labute approximate surface area is 167 Å². The number of anilines is 3. The summed E-state index contributed by atoms with van der Waals surface area (Å²) in [6.45, 7) is 3.77. The summed E-state index contributed by atoms with van der Waals surface area (Å²) < 4.78 is 6.74. The number of carbonyl (C=O) groups excluding carboxylic acids is 1. The van der Waals surface area contributed by atoms with E-state index < -0.39 is 5.91 Å². The van der Waals surface area contributed by atoms with Crippen LogP contribution in [0.5, 0.6) is 5.75 Å². The van der Waals surface area contributed by atoms with E-state index in [1.165, 1.54) is 0 Å². The number of methoxy groups -OCH3 is 1. The first kappa shape index (κ1) is 18.4. The van der Waals surface area contributed by atoms with E-state index in [0.29, 0.717) is 11.5 Å². The minimum absolute atomic E-state index is 0.0606. The van der Waals surface area contributed by atoms with Crippen molar-refractivity contribution in [2.45, 2.75) is 13.8 Å². The fraction of sp³-hybridized carbons (Fsp3) is 0.143. The summed E-state index contributed by atoms with van der Waals surface area (Å²) in [5.74, 6) is 0.827. The molecule has 0 fully saturated rings. The Morgan fingerprint density at radius 2 is 1.72 bits per heavy atom. The van der Waals surface area contributed by atoms with Crippen molar-refractivity contribution in [2.24, 2.45) is 0 Å². The number of nitrogens with zero attached hydrogens (tertiary/aromatic N) is 4. The van der Waals surface area contributed by atoms with Gasteiger partial charge in [0.15, 0.2) is 0 Å². The van der Waals surface area contributed by atoms with Crippen LogP contribution in [0.3, 0.4) is 0 Å². The van der Waals surface area contributed by atoms with E-state index in [1.54, 1.807) is 11.6 Å². The van der Waals surface area contributed by atoms with Gasteiger partial charge in [-0.15, -0.1) is 5.10 Å². The zero-order valence-corrected chi connectivity index (χ0v) is 16.3. The number of hydrogen-bond donors (Lipinski definition) is 2. The van der Waals surface area contributed by atoms with Crippen molar-refractivity contribution in [3.63, 3.8) is 0 Å². The van der Waals surface area contributed by atoms with Gasteiger partial charge < -0.3 is 15.4 Å². The number of amides is 1. The average molecular weight is 388 g/mol. The van der Waals surface area contributed by atoms with E-state index in [9.17, 15) is 4.79 Å². The van der Waals surface area contributed by atoms with Crippen LogP contribution >= 0.6 is 0 Å². The van der Waals surface area contributed by atoms with E-state index in [-0.39, 0.29) is 5.82 Å². The van der Waals surface area contributed by atoms with Crippen molar-refractivity contribution >= 4 is 28.7 Å². The zero-order chi connectivity index (χ0) is 20.4. The molecule has 2 heterocycles. The second-order valence-electron chi connectivity index (χ2n) is 6.54. The fourth-order valence-corrected chi connectivity index (χ4v) is 2.97. The molecule has 4 rings (SSSR count). The highest BCUT2D eigenvalue weighted by molar-refractivity contribution is 6.03. The van der Waals surface area contributed by atoms with Crippen molar-refractivity contribution in [2.75, 3.05) is 17.7 Å². The van der Waals surface area contributed by atoms with Gasteiger partial charge in [-0.2, -0.15) is 4.98 Å². The molecule has 2 N–H and O–H groups in total. The van der Waals surface area contributed by atoms with Gasteiger partial charge in [-0.3, -0.25) is 4.79 Å². The molecule has 8 heteroatoms. The van der Waals surface area contributed by atoms with Crippen molar-refractivity contribution in [3.05, 3.63) is 71.8 Å². The Balaban J connectivity index is 1.58. The summed E-state index contributed by atoms with van der Waals surface area (Å²) in [4.78, 5) is 21.3. The molecule has 0 saturated carbocycles. The molecular formula is C21H20N6O2. The van der Waals surface area contributed by atoms with Crippen LogP contribution in [0.15, 0.2) is 54.6 Å². The molecule has 146 valence electrons. The minimum atomic E-state index is -0.406. The number of aryl methyl sites for hydroxylation is 2. The highest BCUT2D eigenvalue weighted by atomic mass is 16.5. The third-order valence-electron chi connectivity index (χ3n) is 4.37. The van der Waals surface area contributed by atoms with Gasteiger partial charge in [-0.1, -0.05) is 12.1 Å². The van der Waals surface area contributed by atoms with Crippen molar-refractivity contribution < 1.29 is 9.53 Å². The maximum atomic E-state index is 12.7. The summed E-state index contributed by atoms with van der Waals surface area (Å²) in [5, 5.41) is 10.4. The summed E-state index contributed by atoms with van der Waals surface area (Å²) in [6.07, 6.45) is 0. The van der Waals surface area contributed by atoms with Crippen molar-refractivity contribution in [1.29, 1.82) is 0 Å². The number of para-hydroxylation sites is 2. The van der Waals surface area contributed by atoms with Gasteiger partial charge in [0.1, 0.15) is 5.75 Å². The molecule has 0 aliphatic heterocycles. The van der Waals surface area contributed by atoms with Gasteiger partial charge in [0.25, 0.3) is 11.7 Å². The summed E-state index contributed by atoms with van der Waals surface area (Å²) >= 11 is 0. The number of nitrogens with one attached hydrogen (secondary N) is 2. The molecule has 0 radical (unpaired) electrons. The van der Waals surface area contributed by atoms with Crippen LogP contribution < -0.4 is 15.4 Å². The third-order valence-corrected chi connectivity index (χ3v) is 4.37. The lowest BCUT2D eigenvalue weighted by Crippen LogP contribution is -2.15. The summed E-state index contributed by atoms with van der Waals surface area (Å²) in [7, 11) is 1.62. The van der Waals surface area contributed by atoms with E-state index in [4.69, 9.17) is 4.74 Å². The Morgan fingerprint density at radius 1 is 1.00 bits per heavy atom. The monoisotopic (exact) mass is 388 g/mol. The molecular weight excluding hydrogens is 368 g/mol. The highest BCUT2D eigenvalue weighted by Gasteiger charge is 2.16. The van der Waals surface area contributed by atoms with E-state index in [1.807, 2.05) is 68.4 Å². The molecule has 0 atom stereocenters. The molecule has 0 unspecified atom stereocenters. The lowest BCUT2D eigenvalue weighted by atomic mass is 10.2. The Bertz CT molecular complexity index is 1180. The SMILES string of the molecule is COc1ccc(Nc2ccccc2NC(=O)c2nc3nc(C)cc(C)n3n2)cc1. The smallest absolute Gasteiger partial charge is 0.295 e. The third kappa shape index (κ3) is 3.86. The molecule has 29 heavy (non-hydrogen) atoms. The zero-order valence-electron chi connectivity index (χ0n) is 16.3. The minimum Gasteiger partial charge on any atom is -0.497 e. The van der Waals surface area contributed by atoms with Crippen molar-refractivity contribution in [3.8, 4) is 5.75 Å². The van der Waals surface area contributed by atoms with Gasteiger partial charge in [-0.25, -0.2) is 9.50 Å². The van der Waals surface area contributed by atoms with Crippen LogP contribution in [0, 0.1) is 13.8 Å². The first-order chi connectivity index (χ1) is 14.0. The number of benzene rings is 2. The predicted octanol–water partition coefficient (Wildman–Crippen LogP) is 3.75. The molecule has 0 aliphatic rings. The number of aromatic nitrogens is 4. The molecule has 0 saturated heterocycles. The Morgan fingerprint density at radius 3 is 2.45 bits per heavy atom. The largest absolute Gasteiger partial charge is 0.497 e. The maximum absolute atomic E-state index is 12.7. The molecule has 8 nitrogen and oxygen atoms in total. The first-order valence-electron chi connectivity index (χ1n) is 9.06. The summed E-state index contributed by atoms with van der Waals surface area (Å²) in [5.41, 5.74) is 3.92. The standard InChI is InChI=1S/C21H20N6O2/c1-13-12-14(2)27-21(22-13)25-19(26-27)20(28)24-18-7-5-4-6-17(18)23-15-8-10-16(29-3)11-9-15/h4-12,23H,1-3H3,(H,24,28). The Hall–Kier alpha value is -3.94. The topological polar surface area (TPSA) is 93.4 Å². The van der Waals surface area contributed by atoms with Crippen LogP contribution in [-0.4, -0.2) is 32.6 Å². The van der Waals surface area contributed by atoms with Gasteiger partial charge in [0.2, 0.25) is 5.82 Å². The lowest BCUT2D eigenvalue weighted by molar-refractivity contribution is 0.101. The van der Waals surface area contributed by atoms with E-state index in [0.717, 1.165) is 28.5 Å². The second-order valence-corrected chi connectivity index (χ2v) is 6.54. The molecule has 0 spiro atoms. The number of ether oxygens (including phenoxy) is 1. The highest BCUT2D eigenvalue weighted by Crippen LogP contribution is 2.26. The second kappa shape index (κ2) is 7.59. The molecule has 1 amide bonds. The van der Waals surface area contributed by atoms with Gasteiger partial charge in [0, 0.05) is 17.1 Å².